The van der Waals surface area contributed by atoms with Crippen molar-refractivity contribution in [3.63, 3.8) is 0 Å². The Kier molecular flexibility index (Phi) is 3.60. The molecular formula is C14H23N3O2. The molecule has 1 saturated carbocycles. The van der Waals surface area contributed by atoms with E-state index in [1.54, 1.807) is 0 Å². The van der Waals surface area contributed by atoms with Crippen molar-refractivity contribution in [1.29, 1.82) is 0 Å². The predicted octanol–water partition coefficient (Wildman–Crippen LogP) is 1.63. The van der Waals surface area contributed by atoms with Crippen LogP contribution < -0.4 is 5.73 Å². The summed E-state index contributed by atoms with van der Waals surface area (Å²) in [5, 5.41) is 0. The molecule has 1 spiro atoms. The van der Waals surface area contributed by atoms with Gasteiger partial charge in [0.1, 0.15) is 5.82 Å². The molecule has 2 atom stereocenters. The van der Waals surface area contributed by atoms with Gasteiger partial charge in [0.15, 0.2) is 5.79 Å². The molecule has 1 aromatic rings. The average Bonchev–Trinajstić information content (AvgIpc) is 3.03. The normalized spacial score (nSPS) is 30.0. The number of aromatic nitrogens is 2. The maximum Gasteiger partial charge on any atom is 0.170 e. The molecule has 2 heterocycles. The van der Waals surface area contributed by atoms with Crippen LogP contribution >= 0.6 is 0 Å². The number of hydrogen-bond donors (Lipinski definition) is 1. The Hall–Kier alpha value is -0.910. The van der Waals surface area contributed by atoms with Gasteiger partial charge in [0.25, 0.3) is 0 Å². The lowest BCUT2D eigenvalue weighted by molar-refractivity contribution is -0.187. The summed E-state index contributed by atoms with van der Waals surface area (Å²) >= 11 is 0. The summed E-state index contributed by atoms with van der Waals surface area (Å²) in [5.74, 6) is 0.729. The molecule has 3 rings (SSSR count). The minimum Gasteiger partial charge on any atom is -0.347 e. The monoisotopic (exact) mass is 265 g/mol. The zero-order valence-corrected chi connectivity index (χ0v) is 11.5. The van der Waals surface area contributed by atoms with Gasteiger partial charge in [0.2, 0.25) is 0 Å². The predicted molar refractivity (Wildman–Crippen MR) is 71.7 cm³/mol. The Bertz CT molecular complexity index is 426. The van der Waals surface area contributed by atoms with Crippen molar-refractivity contribution >= 4 is 0 Å². The van der Waals surface area contributed by atoms with Gasteiger partial charge < -0.3 is 19.8 Å². The Morgan fingerprint density at radius 2 is 2.26 bits per heavy atom. The van der Waals surface area contributed by atoms with E-state index in [2.05, 4.69) is 16.5 Å². The molecular weight excluding hydrogens is 242 g/mol. The van der Waals surface area contributed by atoms with Crippen molar-refractivity contribution in [2.75, 3.05) is 13.2 Å². The van der Waals surface area contributed by atoms with Crippen molar-refractivity contribution < 1.29 is 9.47 Å². The van der Waals surface area contributed by atoms with E-state index in [4.69, 9.17) is 15.2 Å². The molecule has 0 amide bonds. The molecule has 0 bridgehead atoms. The van der Waals surface area contributed by atoms with Crippen LogP contribution in [0.5, 0.6) is 0 Å². The summed E-state index contributed by atoms with van der Waals surface area (Å²) < 4.78 is 13.9. The van der Waals surface area contributed by atoms with Crippen LogP contribution in [0, 0.1) is 0 Å². The topological polar surface area (TPSA) is 62.3 Å². The first-order valence-electron chi connectivity index (χ1n) is 7.29. The fourth-order valence-corrected chi connectivity index (χ4v) is 3.28. The molecule has 1 saturated heterocycles. The molecule has 1 aromatic heterocycles. The Labute approximate surface area is 114 Å². The third kappa shape index (κ3) is 2.42. The van der Waals surface area contributed by atoms with Crippen LogP contribution in [0.15, 0.2) is 12.4 Å². The molecule has 106 valence electrons. The standard InChI is InChI=1S/C14H23N3O2/c1-2-3-13-16-6-7-17(13)12-10-14(5-4-11(12)15)18-8-9-19-14/h6-7,11-12H,2-5,8-10,15H2,1H3. The van der Waals surface area contributed by atoms with Crippen molar-refractivity contribution in [3.05, 3.63) is 18.2 Å². The second kappa shape index (κ2) is 5.23. The summed E-state index contributed by atoms with van der Waals surface area (Å²) in [6, 6.07) is 0.388. The third-order valence-corrected chi connectivity index (χ3v) is 4.27. The maximum absolute atomic E-state index is 6.33. The van der Waals surface area contributed by atoms with Gasteiger partial charge in [-0.25, -0.2) is 4.98 Å². The minimum atomic E-state index is -0.395. The van der Waals surface area contributed by atoms with Crippen LogP contribution in [0.3, 0.4) is 0 Å². The van der Waals surface area contributed by atoms with Gasteiger partial charge in [0.05, 0.1) is 19.3 Å². The van der Waals surface area contributed by atoms with E-state index in [0.717, 1.165) is 37.9 Å². The van der Waals surface area contributed by atoms with E-state index >= 15 is 0 Å². The van der Waals surface area contributed by atoms with Gasteiger partial charge in [-0.2, -0.15) is 0 Å². The number of imidazole rings is 1. The summed E-state index contributed by atoms with van der Waals surface area (Å²) in [5.41, 5.74) is 6.33. The zero-order chi connectivity index (χ0) is 13.3. The molecule has 19 heavy (non-hydrogen) atoms. The van der Waals surface area contributed by atoms with Gasteiger partial charge in [-0.05, 0) is 12.8 Å². The van der Waals surface area contributed by atoms with Crippen molar-refractivity contribution in [3.8, 4) is 0 Å². The van der Waals surface area contributed by atoms with Gasteiger partial charge in [0, 0.05) is 37.7 Å². The van der Waals surface area contributed by atoms with Crippen LogP contribution in [-0.4, -0.2) is 34.6 Å². The lowest BCUT2D eigenvalue weighted by Gasteiger charge is -2.40. The molecule has 1 aliphatic carbocycles. The first kappa shape index (κ1) is 13.1. The quantitative estimate of drug-likeness (QED) is 0.902. The van der Waals surface area contributed by atoms with Gasteiger partial charge in [-0.1, -0.05) is 6.92 Å². The van der Waals surface area contributed by atoms with Crippen LogP contribution in [0.1, 0.15) is 44.5 Å². The lowest BCUT2D eigenvalue weighted by atomic mass is 9.86. The van der Waals surface area contributed by atoms with E-state index in [1.807, 2.05) is 12.4 Å². The first-order valence-corrected chi connectivity index (χ1v) is 7.29. The molecule has 5 nitrogen and oxygen atoms in total. The van der Waals surface area contributed by atoms with Crippen molar-refractivity contribution in [1.82, 2.24) is 9.55 Å². The molecule has 0 radical (unpaired) electrons. The van der Waals surface area contributed by atoms with Crippen molar-refractivity contribution in [2.45, 2.75) is 56.9 Å². The summed E-state index contributed by atoms with van der Waals surface area (Å²) in [4.78, 5) is 4.46. The number of rotatable bonds is 3. The van der Waals surface area contributed by atoms with Crippen LogP contribution in [0.25, 0.3) is 0 Å². The highest BCUT2D eigenvalue weighted by Crippen LogP contribution is 2.40. The van der Waals surface area contributed by atoms with E-state index in [1.165, 1.54) is 0 Å². The highest BCUT2D eigenvalue weighted by molar-refractivity contribution is 5.01. The van der Waals surface area contributed by atoms with Gasteiger partial charge >= 0.3 is 0 Å². The van der Waals surface area contributed by atoms with E-state index < -0.39 is 5.79 Å². The average molecular weight is 265 g/mol. The minimum absolute atomic E-state index is 0.156. The van der Waals surface area contributed by atoms with Crippen molar-refractivity contribution in [2.24, 2.45) is 5.73 Å². The summed E-state index contributed by atoms with van der Waals surface area (Å²) in [7, 11) is 0. The molecule has 2 N–H and O–H groups in total. The van der Waals surface area contributed by atoms with Crippen LogP contribution in [-0.2, 0) is 15.9 Å². The number of hydrogen-bond acceptors (Lipinski definition) is 4. The zero-order valence-electron chi connectivity index (χ0n) is 11.5. The molecule has 2 aliphatic rings. The second-order valence-electron chi connectivity index (χ2n) is 5.58. The van der Waals surface area contributed by atoms with Crippen LogP contribution in [0.4, 0.5) is 0 Å². The lowest BCUT2D eigenvalue weighted by Crippen LogP contribution is -2.46. The fraction of sp³-hybridized carbons (Fsp3) is 0.786. The number of aryl methyl sites for hydroxylation is 1. The van der Waals surface area contributed by atoms with Crippen LogP contribution in [0.2, 0.25) is 0 Å². The Morgan fingerprint density at radius 1 is 1.47 bits per heavy atom. The third-order valence-electron chi connectivity index (χ3n) is 4.27. The molecule has 2 unspecified atom stereocenters. The molecule has 1 aliphatic heterocycles. The largest absolute Gasteiger partial charge is 0.347 e. The second-order valence-corrected chi connectivity index (χ2v) is 5.58. The summed E-state index contributed by atoms with van der Waals surface area (Å²) in [6.45, 7) is 3.58. The Balaban J connectivity index is 1.82. The summed E-state index contributed by atoms with van der Waals surface area (Å²) in [6.07, 6.45) is 8.68. The molecule has 2 fully saturated rings. The van der Waals surface area contributed by atoms with Gasteiger partial charge in [-0.3, -0.25) is 0 Å². The molecule has 5 heteroatoms. The molecule has 0 aromatic carbocycles. The highest BCUT2D eigenvalue weighted by Gasteiger charge is 2.45. The van der Waals surface area contributed by atoms with E-state index in [9.17, 15) is 0 Å². The van der Waals surface area contributed by atoms with E-state index in [0.29, 0.717) is 13.2 Å². The highest BCUT2D eigenvalue weighted by atomic mass is 16.7. The van der Waals surface area contributed by atoms with E-state index in [-0.39, 0.29) is 12.1 Å². The Morgan fingerprint density at radius 3 is 3.00 bits per heavy atom. The number of nitrogens with two attached hydrogens (primary N) is 1. The first-order chi connectivity index (χ1) is 9.24. The maximum atomic E-state index is 6.33. The fourth-order valence-electron chi connectivity index (χ4n) is 3.28. The number of ether oxygens (including phenoxy) is 2. The smallest absolute Gasteiger partial charge is 0.170 e. The van der Waals surface area contributed by atoms with Gasteiger partial charge in [-0.15, -0.1) is 0 Å². The number of nitrogens with zero attached hydrogens (tertiary/aromatic N) is 2. The SMILES string of the molecule is CCCc1nccn1C1CC2(CCC1N)OCCO2.